The van der Waals surface area contributed by atoms with Crippen LogP contribution in [0.3, 0.4) is 0 Å². The molecule has 0 bridgehead atoms. The van der Waals surface area contributed by atoms with Crippen LogP contribution in [0.25, 0.3) is 89.0 Å². The minimum Gasteiger partial charge on any atom is -0.256 e. The van der Waals surface area contributed by atoms with Crippen LogP contribution in [0.15, 0.2) is 164 Å². The fourth-order valence-electron chi connectivity index (χ4n) is 6.52. The van der Waals surface area contributed by atoms with Gasteiger partial charge in [0.25, 0.3) is 0 Å². The molecule has 0 amide bonds. The number of benzene rings is 6. The Bertz CT molecular complexity index is 2550. The van der Waals surface area contributed by atoms with E-state index in [1.807, 2.05) is 91.3 Å². The van der Waals surface area contributed by atoms with Crippen LogP contribution in [-0.4, -0.2) is 24.9 Å². The lowest BCUT2D eigenvalue weighted by Gasteiger charge is -2.15. The fourth-order valence-corrected chi connectivity index (χ4v) is 6.52. The third-order valence-corrected chi connectivity index (χ3v) is 8.79. The predicted octanol–water partition coefficient (Wildman–Crippen LogP) is 10.5. The van der Waals surface area contributed by atoms with Gasteiger partial charge < -0.3 is 0 Å². The van der Waals surface area contributed by atoms with Crippen LogP contribution in [0.5, 0.6) is 0 Å². The van der Waals surface area contributed by atoms with E-state index in [0.29, 0.717) is 17.5 Å². The molecule has 9 rings (SSSR count). The number of rotatable bonds is 5. The molecular weight excluding hydrogens is 587 g/mol. The average molecular weight is 614 g/mol. The van der Waals surface area contributed by atoms with Crippen molar-refractivity contribution in [3.8, 4) is 56.4 Å². The third kappa shape index (κ3) is 4.86. The van der Waals surface area contributed by atoms with Gasteiger partial charge in [-0.1, -0.05) is 121 Å². The van der Waals surface area contributed by atoms with Crippen molar-refractivity contribution in [2.24, 2.45) is 0 Å². The summed E-state index contributed by atoms with van der Waals surface area (Å²) < 4.78 is 0. The Balaban J connectivity index is 1.26. The van der Waals surface area contributed by atoms with Crippen LogP contribution in [0, 0.1) is 0 Å². The van der Waals surface area contributed by atoms with Gasteiger partial charge in [0.05, 0.1) is 11.0 Å². The number of aromatic nitrogens is 5. The Morgan fingerprint density at radius 1 is 0.292 bits per heavy atom. The van der Waals surface area contributed by atoms with Crippen LogP contribution in [0.1, 0.15) is 0 Å². The predicted molar refractivity (Wildman–Crippen MR) is 195 cm³/mol. The van der Waals surface area contributed by atoms with Crippen molar-refractivity contribution in [2.45, 2.75) is 0 Å². The zero-order valence-electron chi connectivity index (χ0n) is 25.8. The Labute approximate surface area is 277 Å². The lowest BCUT2D eigenvalue weighted by Crippen LogP contribution is -2.00. The molecule has 48 heavy (non-hydrogen) atoms. The molecule has 9 aromatic rings. The molecule has 3 heterocycles. The maximum Gasteiger partial charge on any atom is 0.164 e. The molecule has 5 nitrogen and oxygen atoms in total. The second-order valence-corrected chi connectivity index (χ2v) is 11.7. The van der Waals surface area contributed by atoms with Gasteiger partial charge in [0, 0.05) is 51.0 Å². The third-order valence-electron chi connectivity index (χ3n) is 8.79. The highest BCUT2D eigenvalue weighted by molar-refractivity contribution is 6.22. The van der Waals surface area contributed by atoms with E-state index in [1.54, 1.807) is 0 Å². The zero-order valence-corrected chi connectivity index (χ0v) is 25.8. The van der Waals surface area contributed by atoms with Gasteiger partial charge in [-0.15, -0.1) is 0 Å². The van der Waals surface area contributed by atoms with E-state index in [0.717, 1.165) is 71.5 Å². The second kappa shape index (κ2) is 11.6. The highest BCUT2D eigenvalue weighted by Crippen LogP contribution is 2.41. The van der Waals surface area contributed by atoms with Crippen molar-refractivity contribution >= 4 is 32.6 Å². The van der Waals surface area contributed by atoms with Crippen LogP contribution in [0.4, 0.5) is 0 Å². The van der Waals surface area contributed by atoms with Gasteiger partial charge in [0.2, 0.25) is 0 Å². The Hall–Kier alpha value is -6.59. The summed E-state index contributed by atoms with van der Waals surface area (Å²) in [6.07, 6.45) is 3.74. The molecular formula is C43H27N5. The van der Waals surface area contributed by atoms with Crippen molar-refractivity contribution in [1.82, 2.24) is 24.9 Å². The van der Waals surface area contributed by atoms with Crippen LogP contribution < -0.4 is 0 Å². The number of pyridine rings is 2. The quantitative estimate of drug-likeness (QED) is 0.181. The summed E-state index contributed by atoms with van der Waals surface area (Å²) in [6, 6.07) is 51.9. The van der Waals surface area contributed by atoms with E-state index >= 15 is 0 Å². The number of hydrogen-bond donors (Lipinski definition) is 0. The lowest BCUT2D eigenvalue weighted by atomic mass is 9.90. The summed E-state index contributed by atoms with van der Waals surface area (Å²) in [5.41, 5.74) is 9.02. The van der Waals surface area contributed by atoms with Crippen molar-refractivity contribution in [3.63, 3.8) is 0 Å². The molecule has 0 aliphatic rings. The first-order valence-corrected chi connectivity index (χ1v) is 15.9. The summed E-state index contributed by atoms with van der Waals surface area (Å²) >= 11 is 0. The summed E-state index contributed by atoms with van der Waals surface area (Å²) in [5, 5.41) is 4.48. The normalized spacial score (nSPS) is 11.3. The fraction of sp³-hybridized carbons (Fsp3) is 0. The second-order valence-electron chi connectivity index (χ2n) is 11.7. The number of nitrogens with zero attached hydrogens (tertiary/aromatic N) is 5. The van der Waals surface area contributed by atoms with E-state index in [2.05, 4.69) is 72.8 Å². The monoisotopic (exact) mass is 613 g/mol. The van der Waals surface area contributed by atoms with Crippen molar-refractivity contribution in [1.29, 1.82) is 0 Å². The maximum atomic E-state index is 4.98. The molecule has 0 radical (unpaired) electrons. The maximum absolute atomic E-state index is 4.98. The average Bonchev–Trinajstić information content (AvgIpc) is 3.18. The van der Waals surface area contributed by atoms with Crippen LogP contribution in [0.2, 0.25) is 0 Å². The summed E-state index contributed by atoms with van der Waals surface area (Å²) in [5.74, 6) is 1.89. The smallest absolute Gasteiger partial charge is 0.164 e. The molecule has 5 heteroatoms. The molecule has 0 unspecified atom stereocenters. The number of hydrogen-bond acceptors (Lipinski definition) is 5. The summed E-state index contributed by atoms with van der Waals surface area (Å²) in [4.78, 5) is 24.6. The standard InChI is InChI=1S/C43H27N5/c1-4-13-28(14-5-1)35-26-37-34-22-12-24-45-40(34)36(27-38(37)33-21-11-23-44-39(33)35)31-19-10-20-32(25-31)43-47-41(29-15-6-2-7-16-29)46-42(48-43)30-17-8-3-9-18-30/h1-27H. The number of fused-ring (bicyclic) bond motifs is 5. The molecule has 224 valence electrons. The summed E-state index contributed by atoms with van der Waals surface area (Å²) in [6.45, 7) is 0. The van der Waals surface area contributed by atoms with Gasteiger partial charge in [-0.3, -0.25) is 9.97 Å². The largest absolute Gasteiger partial charge is 0.256 e. The van der Waals surface area contributed by atoms with Gasteiger partial charge in [0.15, 0.2) is 17.5 Å². The van der Waals surface area contributed by atoms with Crippen molar-refractivity contribution in [3.05, 3.63) is 164 Å². The first-order chi connectivity index (χ1) is 23.8. The van der Waals surface area contributed by atoms with Crippen LogP contribution >= 0.6 is 0 Å². The zero-order chi connectivity index (χ0) is 31.9. The van der Waals surface area contributed by atoms with E-state index < -0.39 is 0 Å². The van der Waals surface area contributed by atoms with Crippen molar-refractivity contribution < 1.29 is 0 Å². The molecule has 0 aliphatic heterocycles. The molecule has 0 atom stereocenters. The van der Waals surface area contributed by atoms with E-state index in [-0.39, 0.29) is 0 Å². The van der Waals surface area contributed by atoms with Gasteiger partial charge in [-0.2, -0.15) is 0 Å². The molecule has 0 N–H and O–H groups in total. The first kappa shape index (κ1) is 27.7. The van der Waals surface area contributed by atoms with Gasteiger partial charge >= 0.3 is 0 Å². The SMILES string of the molecule is c1ccc(-c2nc(-c3ccccc3)nc(-c3cccc(-c4cc5c6cccnc6c(-c6ccccc6)cc5c5cccnc45)c3)n2)cc1. The van der Waals surface area contributed by atoms with Gasteiger partial charge in [-0.25, -0.2) is 15.0 Å². The molecule has 6 aromatic carbocycles. The topological polar surface area (TPSA) is 64.5 Å². The molecule has 0 spiro atoms. The van der Waals surface area contributed by atoms with E-state index in [4.69, 9.17) is 24.9 Å². The molecule has 0 aliphatic carbocycles. The molecule has 0 saturated heterocycles. The minimum atomic E-state index is 0.616. The van der Waals surface area contributed by atoms with Gasteiger partial charge in [-0.05, 0) is 52.2 Å². The Morgan fingerprint density at radius 2 is 0.708 bits per heavy atom. The lowest BCUT2D eigenvalue weighted by molar-refractivity contribution is 1.07. The highest BCUT2D eigenvalue weighted by Gasteiger charge is 2.17. The summed E-state index contributed by atoms with van der Waals surface area (Å²) in [7, 11) is 0. The van der Waals surface area contributed by atoms with Gasteiger partial charge in [0.1, 0.15) is 0 Å². The van der Waals surface area contributed by atoms with Crippen molar-refractivity contribution in [2.75, 3.05) is 0 Å². The van der Waals surface area contributed by atoms with E-state index in [9.17, 15) is 0 Å². The minimum absolute atomic E-state index is 0.616. The highest BCUT2D eigenvalue weighted by atomic mass is 15.0. The Kier molecular flexibility index (Phi) is 6.72. The molecule has 0 saturated carbocycles. The van der Waals surface area contributed by atoms with E-state index in [1.165, 1.54) is 0 Å². The first-order valence-electron chi connectivity index (χ1n) is 15.9. The van der Waals surface area contributed by atoms with Crippen LogP contribution in [-0.2, 0) is 0 Å². The molecule has 0 fully saturated rings. The Morgan fingerprint density at radius 3 is 1.23 bits per heavy atom. The molecule has 3 aromatic heterocycles.